The summed E-state index contributed by atoms with van der Waals surface area (Å²) < 4.78 is 6.49. The van der Waals surface area contributed by atoms with Gasteiger partial charge < -0.3 is 10.5 Å². The molecule has 0 fully saturated rings. The fraction of sp³-hybridized carbons (Fsp3) is 0.400. The van der Waals surface area contributed by atoms with E-state index in [0.717, 1.165) is 16.6 Å². The van der Waals surface area contributed by atoms with Crippen LogP contribution in [0.5, 0.6) is 5.75 Å². The molecule has 1 unspecified atom stereocenters. The molecule has 0 amide bonds. The number of para-hydroxylation sites is 1. The molecule has 0 aliphatic heterocycles. The number of ether oxygens (including phenoxy) is 1. The maximum Gasteiger partial charge on any atom is 0.133 e. The predicted molar refractivity (Wildman–Crippen MR) is 57.9 cm³/mol. The van der Waals surface area contributed by atoms with Crippen molar-refractivity contribution in [3.8, 4) is 5.75 Å². The van der Waals surface area contributed by atoms with Crippen molar-refractivity contribution in [3.05, 3.63) is 28.7 Å². The molecule has 0 aliphatic rings. The summed E-state index contributed by atoms with van der Waals surface area (Å²) in [5, 5.41) is 0. The van der Waals surface area contributed by atoms with Gasteiger partial charge in [0.2, 0.25) is 0 Å². The van der Waals surface area contributed by atoms with Gasteiger partial charge in [0.1, 0.15) is 12.4 Å². The summed E-state index contributed by atoms with van der Waals surface area (Å²) in [6, 6.07) is 7.89. The van der Waals surface area contributed by atoms with Crippen molar-refractivity contribution in [1.29, 1.82) is 0 Å². The van der Waals surface area contributed by atoms with Crippen molar-refractivity contribution in [2.45, 2.75) is 19.4 Å². The Morgan fingerprint density at radius 1 is 1.46 bits per heavy atom. The lowest BCUT2D eigenvalue weighted by atomic mass is 10.2. The second-order valence-electron chi connectivity index (χ2n) is 2.91. The van der Waals surface area contributed by atoms with Gasteiger partial charge in [-0.25, -0.2) is 0 Å². The zero-order valence-corrected chi connectivity index (χ0v) is 9.25. The van der Waals surface area contributed by atoms with Gasteiger partial charge in [0.05, 0.1) is 4.47 Å². The van der Waals surface area contributed by atoms with E-state index in [2.05, 4.69) is 15.9 Å². The molecule has 0 saturated heterocycles. The molecular weight excluding hydrogens is 230 g/mol. The fourth-order valence-corrected chi connectivity index (χ4v) is 1.28. The lowest BCUT2D eigenvalue weighted by Gasteiger charge is -2.11. The summed E-state index contributed by atoms with van der Waals surface area (Å²) >= 11 is 3.40. The molecule has 72 valence electrons. The lowest BCUT2D eigenvalue weighted by molar-refractivity contribution is 0.284. The number of rotatable bonds is 4. The minimum absolute atomic E-state index is 0.118. The zero-order valence-electron chi connectivity index (χ0n) is 7.66. The van der Waals surface area contributed by atoms with E-state index >= 15 is 0 Å². The molecule has 1 aromatic rings. The van der Waals surface area contributed by atoms with Crippen molar-refractivity contribution in [3.63, 3.8) is 0 Å². The number of halogens is 1. The van der Waals surface area contributed by atoms with Crippen LogP contribution in [0, 0.1) is 0 Å². The monoisotopic (exact) mass is 243 g/mol. The number of hydrogen-bond acceptors (Lipinski definition) is 2. The molecule has 1 aromatic carbocycles. The van der Waals surface area contributed by atoms with Crippen LogP contribution < -0.4 is 10.5 Å². The Morgan fingerprint density at radius 3 is 2.77 bits per heavy atom. The molecule has 0 spiro atoms. The molecule has 2 nitrogen and oxygen atoms in total. The van der Waals surface area contributed by atoms with Gasteiger partial charge in [-0.05, 0) is 34.5 Å². The molecule has 0 radical (unpaired) electrons. The first-order valence-electron chi connectivity index (χ1n) is 4.37. The molecule has 0 saturated carbocycles. The smallest absolute Gasteiger partial charge is 0.133 e. The predicted octanol–water partition coefficient (Wildman–Crippen LogP) is 2.57. The van der Waals surface area contributed by atoms with Crippen molar-refractivity contribution >= 4 is 15.9 Å². The molecule has 0 heterocycles. The average molecular weight is 244 g/mol. The van der Waals surface area contributed by atoms with Crippen molar-refractivity contribution in [2.24, 2.45) is 5.73 Å². The standard InChI is InChI=1S/C10H14BrNO/c1-2-8(12)7-13-10-6-4-3-5-9(10)11/h3-6,8H,2,7,12H2,1H3. The van der Waals surface area contributed by atoms with Gasteiger partial charge in [0.15, 0.2) is 0 Å². The summed E-state index contributed by atoms with van der Waals surface area (Å²) in [5.74, 6) is 0.853. The fourth-order valence-electron chi connectivity index (χ4n) is 0.876. The summed E-state index contributed by atoms with van der Waals surface area (Å²) in [5.41, 5.74) is 5.73. The summed E-state index contributed by atoms with van der Waals surface area (Å²) in [7, 11) is 0. The van der Waals surface area contributed by atoms with E-state index in [1.54, 1.807) is 0 Å². The van der Waals surface area contributed by atoms with Gasteiger partial charge in [-0.2, -0.15) is 0 Å². The average Bonchev–Trinajstić information content (AvgIpc) is 2.16. The Labute approximate surface area is 87.2 Å². The quantitative estimate of drug-likeness (QED) is 0.883. The molecule has 1 rings (SSSR count). The van der Waals surface area contributed by atoms with Gasteiger partial charge in [0.25, 0.3) is 0 Å². The first kappa shape index (κ1) is 10.5. The van der Waals surface area contributed by atoms with Gasteiger partial charge in [-0.1, -0.05) is 19.1 Å². The van der Waals surface area contributed by atoms with Crippen molar-refractivity contribution in [1.82, 2.24) is 0 Å². The number of hydrogen-bond donors (Lipinski definition) is 1. The summed E-state index contributed by atoms with van der Waals surface area (Å²) in [6.07, 6.45) is 0.935. The molecule has 3 heteroatoms. The van der Waals surface area contributed by atoms with Crippen LogP contribution in [0.2, 0.25) is 0 Å². The Hall–Kier alpha value is -0.540. The maximum absolute atomic E-state index is 5.73. The molecular formula is C10H14BrNO. The molecule has 1 atom stereocenters. The van der Waals surface area contributed by atoms with Gasteiger partial charge in [0, 0.05) is 6.04 Å². The number of benzene rings is 1. The third-order valence-electron chi connectivity index (χ3n) is 1.81. The third-order valence-corrected chi connectivity index (χ3v) is 2.47. The number of nitrogens with two attached hydrogens (primary N) is 1. The van der Waals surface area contributed by atoms with Crippen molar-refractivity contribution < 1.29 is 4.74 Å². The second kappa shape index (κ2) is 5.25. The summed E-state index contributed by atoms with van der Waals surface area (Å²) in [4.78, 5) is 0. The maximum atomic E-state index is 5.73. The summed E-state index contributed by atoms with van der Waals surface area (Å²) in [6.45, 7) is 2.62. The van der Waals surface area contributed by atoms with Gasteiger partial charge in [-0.15, -0.1) is 0 Å². The molecule has 0 bridgehead atoms. The van der Waals surface area contributed by atoms with E-state index in [1.165, 1.54) is 0 Å². The molecule has 2 N–H and O–H groups in total. The first-order valence-corrected chi connectivity index (χ1v) is 5.16. The Bertz CT molecular complexity index is 265. The first-order chi connectivity index (χ1) is 6.24. The van der Waals surface area contributed by atoms with E-state index in [-0.39, 0.29) is 6.04 Å². The molecule has 0 aliphatic carbocycles. The highest BCUT2D eigenvalue weighted by Gasteiger charge is 2.02. The highest BCUT2D eigenvalue weighted by Crippen LogP contribution is 2.23. The topological polar surface area (TPSA) is 35.2 Å². The van der Waals surface area contributed by atoms with Crippen LogP contribution in [0.4, 0.5) is 0 Å². The minimum Gasteiger partial charge on any atom is -0.491 e. The van der Waals surface area contributed by atoms with E-state index in [0.29, 0.717) is 6.61 Å². The highest BCUT2D eigenvalue weighted by molar-refractivity contribution is 9.10. The van der Waals surface area contributed by atoms with E-state index in [4.69, 9.17) is 10.5 Å². The van der Waals surface area contributed by atoms with Crippen LogP contribution in [0.3, 0.4) is 0 Å². The van der Waals surface area contributed by atoms with Gasteiger partial charge >= 0.3 is 0 Å². The Morgan fingerprint density at radius 2 is 2.15 bits per heavy atom. The van der Waals surface area contributed by atoms with E-state index in [1.807, 2.05) is 31.2 Å². The SMILES string of the molecule is CCC(N)COc1ccccc1Br. The zero-order chi connectivity index (χ0) is 9.68. The highest BCUT2D eigenvalue weighted by atomic mass is 79.9. The van der Waals surface area contributed by atoms with Crippen LogP contribution in [0.15, 0.2) is 28.7 Å². The van der Waals surface area contributed by atoms with Crippen LogP contribution in [-0.4, -0.2) is 12.6 Å². The Balaban J connectivity index is 2.50. The third kappa shape index (κ3) is 3.36. The van der Waals surface area contributed by atoms with Crippen LogP contribution in [0.25, 0.3) is 0 Å². The normalized spacial score (nSPS) is 12.5. The van der Waals surface area contributed by atoms with Crippen LogP contribution in [0.1, 0.15) is 13.3 Å². The second-order valence-corrected chi connectivity index (χ2v) is 3.76. The van der Waals surface area contributed by atoms with Gasteiger partial charge in [-0.3, -0.25) is 0 Å². The Kier molecular flexibility index (Phi) is 4.25. The van der Waals surface area contributed by atoms with Crippen LogP contribution >= 0.6 is 15.9 Å². The van der Waals surface area contributed by atoms with Crippen LogP contribution in [-0.2, 0) is 0 Å². The minimum atomic E-state index is 0.118. The van der Waals surface area contributed by atoms with E-state index < -0.39 is 0 Å². The largest absolute Gasteiger partial charge is 0.491 e. The van der Waals surface area contributed by atoms with Crippen molar-refractivity contribution in [2.75, 3.05) is 6.61 Å². The molecule has 0 aromatic heterocycles. The molecule has 13 heavy (non-hydrogen) atoms. The van der Waals surface area contributed by atoms with E-state index in [9.17, 15) is 0 Å². The lowest BCUT2D eigenvalue weighted by Crippen LogP contribution is -2.26.